The molecule has 0 heterocycles. The van der Waals surface area contributed by atoms with Crippen LogP contribution in [-0.2, 0) is 0 Å². The Kier molecular flexibility index (Phi) is 1.98. The van der Waals surface area contributed by atoms with Gasteiger partial charge in [-0.3, -0.25) is 0 Å². The number of hydrogen-bond acceptors (Lipinski definition) is 0. The maximum atomic E-state index is 4.20. The molecule has 0 heteroatoms. The fourth-order valence-corrected chi connectivity index (χ4v) is 2.22. The van der Waals surface area contributed by atoms with Crippen LogP contribution in [0.5, 0.6) is 0 Å². The van der Waals surface area contributed by atoms with Gasteiger partial charge in [0.25, 0.3) is 0 Å². The largest absolute Gasteiger partial charge is 0.101 e. The van der Waals surface area contributed by atoms with Crippen molar-refractivity contribution in [3.8, 4) is 0 Å². The topological polar surface area (TPSA) is 0 Å². The van der Waals surface area contributed by atoms with E-state index in [0.29, 0.717) is 5.92 Å². The zero-order valence-electron chi connectivity index (χ0n) is 7.59. The molecule has 0 aromatic heterocycles. The molecule has 0 aromatic rings. The Labute approximate surface area is 65.0 Å². The number of hydrogen-bond donors (Lipinski definition) is 0. The van der Waals surface area contributed by atoms with Crippen LogP contribution in [0.4, 0.5) is 0 Å². The Balaban J connectivity index is 2.68. The molecule has 0 N–H and O–H groups in total. The third kappa shape index (κ3) is 0.941. The monoisotopic (exact) mass is 139 g/mol. The third-order valence-electron chi connectivity index (χ3n) is 3.84. The summed E-state index contributed by atoms with van der Waals surface area (Å²) >= 11 is 0. The smallest absolute Gasteiger partial charge is 0.0618 e. The summed E-state index contributed by atoms with van der Waals surface area (Å²) in [5.74, 6) is 4.08. The van der Waals surface area contributed by atoms with Crippen LogP contribution in [0.25, 0.3) is 0 Å². The molecule has 4 unspecified atom stereocenters. The fraction of sp³-hybridized carbons (Fsp3) is 0.900. The van der Waals surface area contributed by atoms with Crippen LogP contribution in [0.15, 0.2) is 0 Å². The van der Waals surface area contributed by atoms with Crippen molar-refractivity contribution >= 4 is 0 Å². The van der Waals surface area contributed by atoms with E-state index in [1.165, 1.54) is 0 Å². The second-order valence-corrected chi connectivity index (χ2v) is 4.10. The van der Waals surface area contributed by atoms with E-state index in [-0.39, 0.29) is 0 Å². The highest BCUT2D eigenvalue weighted by molar-refractivity contribution is 4.90. The lowest BCUT2D eigenvalue weighted by Gasteiger charge is -2.13. The van der Waals surface area contributed by atoms with Crippen molar-refractivity contribution in [1.82, 2.24) is 0 Å². The normalized spacial score (nSPS) is 55.4. The molecular weight excluding hydrogens is 120 g/mol. The standard InChI is InChI=1S/C10H19/c1-6-7(2)9(4)10(5)8(6)3/h6-10H,1H2,2-5H3/q+1. The van der Waals surface area contributed by atoms with E-state index in [9.17, 15) is 0 Å². The molecule has 0 aromatic carbocycles. The lowest BCUT2D eigenvalue weighted by Crippen LogP contribution is -2.07. The molecule has 0 bridgehead atoms. The lowest BCUT2D eigenvalue weighted by molar-refractivity contribution is 0.352. The first kappa shape index (κ1) is 7.97. The van der Waals surface area contributed by atoms with Gasteiger partial charge in [0.1, 0.15) is 5.92 Å². The highest BCUT2D eigenvalue weighted by atomic mass is 14.4. The molecular formula is C10H19+. The molecule has 0 nitrogen and oxygen atoms in total. The molecule has 58 valence electrons. The summed E-state index contributed by atoms with van der Waals surface area (Å²) < 4.78 is 0. The van der Waals surface area contributed by atoms with Gasteiger partial charge in [0.2, 0.25) is 0 Å². The highest BCUT2D eigenvalue weighted by Gasteiger charge is 2.42. The Morgan fingerprint density at radius 2 is 1.00 bits per heavy atom. The van der Waals surface area contributed by atoms with Gasteiger partial charge in [0.05, 0.1) is 6.92 Å². The van der Waals surface area contributed by atoms with Crippen LogP contribution in [0.3, 0.4) is 0 Å². The molecule has 0 radical (unpaired) electrons. The first-order valence-corrected chi connectivity index (χ1v) is 4.38. The minimum atomic E-state index is 0.685. The van der Waals surface area contributed by atoms with Crippen molar-refractivity contribution < 1.29 is 0 Å². The Morgan fingerprint density at radius 3 is 1.10 bits per heavy atom. The predicted octanol–water partition coefficient (Wildman–Crippen LogP) is 2.99. The van der Waals surface area contributed by atoms with Crippen molar-refractivity contribution in [2.45, 2.75) is 27.7 Å². The fourth-order valence-electron chi connectivity index (χ4n) is 2.22. The van der Waals surface area contributed by atoms with Gasteiger partial charge in [0.15, 0.2) is 0 Å². The zero-order valence-corrected chi connectivity index (χ0v) is 7.59. The molecule has 1 rings (SSSR count). The zero-order chi connectivity index (χ0) is 7.89. The van der Waals surface area contributed by atoms with Gasteiger partial charge in [-0.2, -0.15) is 0 Å². The highest BCUT2D eigenvalue weighted by Crippen LogP contribution is 2.44. The van der Waals surface area contributed by atoms with Gasteiger partial charge in [-0.1, -0.05) is 27.7 Å². The van der Waals surface area contributed by atoms with Crippen molar-refractivity contribution in [1.29, 1.82) is 0 Å². The average Bonchev–Trinajstić information content (AvgIpc) is 2.07. The minimum absolute atomic E-state index is 0.685. The molecule has 0 aliphatic heterocycles. The van der Waals surface area contributed by atoms with Gasteiger partial charge < -0.3 is 0 Å². The second kappa shape index (κ2) is 2.48. The summed E-state index contributed by atoms with van der Waals surface area (Å²) in [6.45, 7) is 13.6. The van der Waals surface area contributed by atoms with E-state index in [4.69, 9.17) is 0 Å². The minimum Gasteiger partial charge on any atom is -0.0618 e. The summed E-state index contributed by atoms with van der Waals surface area (Å²) in [4.78, 5) is 0. The van der Waals surface area contributed by atoms with Gasteiger partial charge in [-0.15, -0.1) is 0 Å². The first-order chi connectivity index (χ1) is 4.55. The molecule has 10 heavy (non-hydrogen) atoms. The quantitative estimate of drug-likeness (QED) is 0.453. The van der Waals surface area contributed by atoms with Crippen LogP contribution in [0, 0.1) is 36.5 Å². The van der Waals surface area contributed by atoms with Gasteiger partial charge in [-0.05, 0) is 11.8 Å². The molecule has 0 amide bonds. The van der Waals surface area contributed by atoms with E-state index < -0.39 is 0 Å². The van der Waals surface area contributed by atoms with Crippen LogP contribution >= 0.6 is 0 Å². The van der Waals surface area contributed by atoms with E-state index >= 15 is 0 Å². The van der Waals surface area contributed by atoms with Crippen molar-refractivity contribution in [2.24, 2.45) is 29.6 Å². The van der Waals surface area contributed by atoms with E-state index in [1.54, 1.807) is 0 Å². The molecule has 0 saturated heterocycles. The summed E-state index contributed by atoms with van der Waals surface area (Å²) in [7, 11) is 0. The van der Waals surface area contributed by atoms with E-state index in [0.717, 1.165) is 23.7 Å². The predicted molar refractivity (Wildman–Crippen MR) is 45.5 cm³/mol. The van der Waals surface area contributed by atoms with Gasteiger partial charge in [0, 0.05) is 11.8 Å². The Morgan fingerprint density at radius 1 is 0.700 bits per heavy atom. The molecule has 1 aliphatic carbocycles. The molecule has 4 atom stereocenters. The first-order valence-electron chi connectivity index (χ1n) is 4.38. The van der Waals surface area contributed by atoms with Crippen molar-refractivity contribution in [3.63, 3.8) is 0 Å². The summed E-state index contributed by atoms with van der Waals surface area (Å²) in [6, 6.07) is 0. The van der Waals surface area contributed by atoms with Gasteiger partial charge in [-0.25, -0.2) is 0 Å². The maximum Gasteiger partial charge on any atom is 0.101 e. The van der Waals surface area contributed by atoms with Gasteiger partial charge >= 0.3 is 0 Å². The SMILES string of the molecule is [CH2+]C1C(C)C(C)C(C)C1C. The summed E-state index contributed by atoms with van der Waals surface area (Å²) in [5.41, 5.74) is 0. The van der Waals surface area contributed by atoms with Crippen LogP contribution < -0.4 is 0 Å². The number of rotatable bonds is 0. The molecule has 1 fully saturated rings. The Hall–Kier alpha value is -0.130. The lowest BCUT2D eigenvalue weighted by atomic mass is 9.92. The average molecular weight is 139 g/mol. The molecule has 1 saturated carbocycles. The Bertz CT molecular complexity index is 72.4. The third-order valence-corrected chi connectivity index (χ3v) is 3.84. The van der Waals surface area contributed by atoms with Crippen molar-refractivity contribution in [3.05, 3.63) is 6.92 Å². The van der Waals surface area contributed by atoms with Crippen LogP contribution in [0.1, 0.15) is 27.7 Å². The molecule has 0 spiro atoms. The second-order valence-electron chi connectivity index (χ2n) is 4.10. The molecule has 1 aliphatic rings. The van der Waals surface area contributed by atoms with Crippen molar-refractivity contribution in [2.75, 3.05) is 0 Å². The van der Waals surface area contributed by atoms with E-state index in [1.807, 2.05) is 0 Å². The maximum absolute atomic E-state index is 4.20. The van der Waals surface area contributed by atoms with Crippen LogP contribution in [-0.4, -0.2) is 0 Å². The van der Waals surface area contributed by atoms with Crippen LogP contribution in [0.2, 0.25) is 0 Å². The summed E-state index contributed by atoms with van der Waals surface area (Å²) in [5, 5.41) is 0. The van der Waals surface area contributed by atoms with E-state index in [2.05, 4.69) is 34.6 Å². The summed E-state index contributed by atoms with van der Waals surface area (Å²) in [6.07, 6.45) is 0.